The van der Waals surface area contributed by atoms with Gasteiger partial charge in [-0.3, -0.25) is 0 Å². The van der Waals surface area contributed by atoms with E-state index in [1.807, 2.05) is 37.3 Å². The van der Waals surface area contributed by atoms with Gasteiger partial charge in [-0.25, -0.2) is 19.4 Å². The second kappa shape index (κ2) is 6.62. The van der Waals surface area contributed by atoms with Crippen LogP contribution in [0.4, 0.5) is 0 Å². The first-order chi connectivity index (χ1) is 11.6. The van der Waals surface area contributed by atoms with Crippen molar-refractivity contribution in [2.75, 3.05) is 0 Å². The number of aromatic nitrogens is 4. The second-order valence-corrected chi connectivity index (χ2v) is 5.61. The van der Waals surface area contributed by atoms with Gasteiger partial charge in [0, 0.05) is 23.5 Å². The molecule has 0 spiro atoms. The Labute approximate surface area is 139 Å². The lowest BCUT2D eigenvalue weighted by Crippen LogP contribution is -2.06. The average Bonchev–Trinajstić information content (AvgIpc) is 3.06. The Kier molecular flexibility index (Phi) is 4.37. The highest BCUT2D eigenvalue weighted by Gasteiger charge is 2.12. The Balaban J connectivity index is 2.08. The number of hydrogen-bond acceptors (Lipinski definition) is 4. The van der Waals surface area contributed by atoms with Crippen LogP contribution in [0.3, 0.4) is 0 Å². The number of rotatable bonds is 5. The first-order valence-electron chi connectivity index (χ1n) is 7.81. The van der Waals surface area contributed by atoms with Crippen molar-refractivity contribution in [3.63, 3.8) is 0 Å². The lowest BCUT2D eigenvalue weighted by Gasteiger charge is -2.08. The molecular formula is C18H18N4O2. The number of carboxylic acid groups (broad SMARTS) is 1. The van der Waals surface area contributed by atoms with E-state index in [1.165, 1.54) is 16.3 Å². The number of aromatic carboxylic acids is 1. The Morgan fingerprint density at radius 3 is 2.54 bits per heavy atom. The normalized spacial score (nSPS) is 10.8. The monoisotopic (exact) mass is 322 g/mol. The molecule has 0 radical (unpaired) electrons. The van der Waals surface area contributed by atoms with Crippen LogP contribution in [0.25, 0.3) is 17.2 Å². The van der Waals surface area contributed by atoms with Crippen LogP contribution in [0.15, 0.2) is 42.6 Å². The molecule has 0 atom stereocenters. The van der Waals surface area contributed by atoms with Crippen LogP contribution in [0.2, 0.25) is 0 Å². The molecule has 1 aromatic carbocycles. The summed E-state index contributed by atoms with van der Waals surface area (Å²) in [5.74, 6) is 0.121. The van der Waals surface area contributed by atoms with Gasteiger partial charge in [-0.1, -0.05) is 43.2 Å². The summed E-state index contributed by atoms with van der Waals surface area (Å²) in [6.45, 7) is 4.12. The lowest BCUT2D eigenvalue weighted by atomic mass is 10.1. The zero-order valence-electron chi connectivity index (χ0n) is 13.6. The van der Waals surface area contributed by atoms with Crippen LogP contribution < -0.4 is 0 Å². The molecule has 24 heavy (non-hydrogen) atoms. The molecule has 1 N–H and O–H groups in total. The summed E-state index contributed by atoms with van der Waals surface area (Å²) in [4.78, 5) is 20.2. The van der Waals surface area contributed by atoms with E-state index in [-0.39, 0.29) is 5.69 Å². The summed E-state index contributed by atoms with van der Waals surface area (Å²) in [5.41, 5.74) is 2.99. The van der Waals surface area contributed by atoms with Crippen LogP contribution >= 0.6 is 0 Å². The third-order valence-corrected chi connectivity index (χ3v) is 3.62. The molecule has 0 aliphatic carbocycles. The van der Waals surface area contributed by atoms with E-state index in [4.69, 9.17) is 5.11 Å². The molecule has 3 aromatic rings. The van der Waals surface area contributed by atoms with E-state index in [0.717, 1.165) is 24.1 Å². The van der Waals surface area contributed by atoms with Gasteiger partial charge < -0.3 is 5.11 Å². The minimum atomic E-state index is -1.06. The van der Waals surface area contributed by atoms with Gasteiger partial charge in [0.25, 0.3) is 0 Å². The fourth-order valence-electron chi connectivity index (χ4n) is 2.38. The molecule has 0 fully saturated rings. The smallest absolute Gasteiger partial charge is 0.356 e. The van der Waals surface area contributed by atoms with Crippen molar-refractivity contribution >= 4 is 5.97 Å². The predicted octanol–water partition coefficient (Wildman–Crippen LogP) is 3.29. The van der Waals surface area contributed by atoms with Crippen molar-refractivity contribution < 1.29 is 9.90 Å². The fourth-order valence-corrected chi connectivity index (χ4v) is 2.38. The topological polar surface area (TPSA) is 80.9 Å². The maximum absolute atomic E-state index is 11.0. The largest absolute Gasteiger partial charge is 0.476 e. The molecule has 0 amide bonds. The second-order valence-electron chi connectivity index (χ2n) is 5.61. The first kappa shape index (κ1) is 15.9. The molecular weight excluding hydrogens is 304 g/mol. The molecule has 0 saturated carbocycles. The van der Waals surface area contributed by atoms with Crippen molar-refractivity contribution in [1.82, 2.24) is 19.7 Å². The van der Waals surface area contributed by atoms with Gasteiger partial charge in [-0.05, 0) is 19.4 Å². The van der Waals surface area contributed by atoms with Crippen molar-refractivity contribution in [2.45, 2.75) is 26.7 Å². The number of aryl methyl sites for hydroxylation is 2. The Morgan fingerprint density at radius 1 is 1.17 bits per heavy atom. The van der Waals surface area contributed by atoms with Gasteiger partial charge in [0.15, 0.2) is 17.3 Å². The zero-order chi connectivity index (χ0) is 17.1. The number of hydrogen-bond donors (Lipinski definition) is 1. The van der Waals surface area contributed by atoms with E-state index < -0.39 is 5.97 Å². The van der Waals surface area contributed by atoms with Crippen LogP contribution in [-0.4, -0.2) is 30.8 Å². The van der Waals surface area contributed by atoms with Crippen LogP contribution in [0.1, 0.15) is 35.1 Å². The fraction of sp³-hybridized carbons (Fsp3) is 0.222. The van der Waals surface area contributed by atoms with Crippen molar-refractivity contribution in [2.24, 2.45) is 0 Å². The third kappa shape index (κ3) is 3.32. The van der Waals surface area contributed by atoms with Gasteiger partial charge in [-0.2, -0.15) is 5.10 Å². The predicted molar refractivity (Wildman–Crippen MR) is 90.3 cm³/mol. The molecule has 0 saturated heterocycles. The summed E-state index contributed by atoms with van der Waals surface area (Å²) in [7, 11) is 0. The Hall–Kier alpha value is -3.02. The quantitative estimate of drug-likeness (QED) is 0.779. The Bertz CT molecular complexity index is 869. The summed E-state index contributed by atoms with van der Waals surface area (Å²) in [5, 5.41) is 13.1. The van der Waals surface area contributed by atoms with Crippen LogP contribution in [-0.2, 0) is 6.42 Å². The van der Waals surface area contributed by atoms with E-state index in [9.17, 15) is 4.79 Å². The number of carbonyl (C=O) groups is 1. The molecule has 0 aliphatic heterocycles. The average molecular weight is 322 g/mol. The summed E-state index contributed by atoms with van der Waals surface area (Å²) in [6, 6.07) is 11.3. The molecule has 6 heteroatoms. The standard InChI is InChI=1S/C18H18N4O2/c1-3-4-14-11-16(22-10-9-15(21-22)18(23)24)20-17(19-14)13-7-5-12(2)6-8-13/h5-11H,3-4H2,1-2H3,(H,23,24). The number of carboxylic acids is 1. The molecule has 0 unspecified atom stereocenters. The lowest BCUT2D eigenvalue weighted by molar-refractivity contribution is 0.0690. The highest BCUT2D eigenvalue weighted by atomic mass is 16.4. The molecule has 2 aromatic heterocycles. The number of benzene rings is 1. The molecule has 122 valence electrons. The van der Waals surface area contributed by atoms with Crippen LogP contribution in [0.5, 0.6) is 0 Å². The molecule has 6 nitrogen and oxygen atoms in total. The van der Waals surface area contributed by atoms with Gasteiger partial charge in [0.1, 0.15) is 0 Å². The van der Waals surface area contributed by atoms with Crippen molar-refractivity contribution in [1.29, 1.82) is 0 Å². The van der Waals surface area contributed by atoms with Crippen LogP contribution in [0, 0.1) is 6.92 Å². The minimum Gasteiger partial charge on any atom is -0.476 e. The molecule has 3 rings (SSSR count). The summed E-state index contributed by atoms with van der Waals surface area (Å²) < 4.78 is 1.47. The highest BCUT2D eigenvalue weighted by molar-refractivity contribution is 5.85. The third-order valence-electron chi connectivity index (χ3n) is 3.62. The van der Waals surface area contributed by atoms with Gasteiger partial charge in [-0.15, -0.1) is 0 Å². The van der Waals surface area contributed by atoms with Crippen molar-refractivity contribution in [3.05, 3.63) is 59.5 Å². The maximum Gasteiger partial charge on any atom is 0.356 e. The van der Waals surface area contributed by atoms with Gasteiger partial charge in [0.05, 0.1) is 0 Å². The van der Waals surface area contributed by atoms with E-state index in [0.29, 0.717) is 11.6 Å². The first-order valence-corrected chi connectivity index (χ1v) is 7.81. The van der Waals surface area contributed by atoms with Gasteiger partial charge in [0.2, 0.25) is 0 Å². The zero-order valence-corrected chi connectivity index (χ0v) is 13.6. The highest BCUT2D eigenvalue weighted by Crippen LogP contribution is 2.19. The molecule has 0 bridgehead atoms. The summed E-state index contributed by atoms with van der Waals surface area (Å²) in [6.07, 6.45) is 3.38. The van der Waals surface area contributed by atoms with E-state index in [1.54, 1.807) is 6.20 Å². The maximum atomic E-state index is 11.0. The van der Waals surface area contributed by atoms with E-state index >= 15 is 0 Å². The summed E-state index contributed by atoms with van der Waals surface area (Å²) >= 11 is 0. The van der Waals surface area contributed by atoms with E-state index in [2.05, 4.69) is 22.0 Å². The number of nitrogens with zero attached hydrogens (tertiary/aromatic N) is 4. The molecule has 0 aliphatic rings. The molecule has 2 heterocycles. The minimum absolute atomic E-state index is 0.0115. The SMILES string of the molecule is CCCc1cc(-n2ccc(C(=O)O)n2)nc(-c2ccc(C)cc2)n1. The van der Waals surface area contributed by atoms with Gasteiger partial charge >= 0.3 is 5.97 Å². The Morgan fingerprint density at radius 2 is 1.92 bits per heavy atom. The van der Waals surface area contributed by atoms with Crippen molar-refractivity contribution in [3.8, 4) is 17.2 Å².